The number of carbonyl (C=O) groups excluding carboxylic acids is 1. The van der Waals surface area contributed by atoms with Crippen LogP contribution in [0.4, 0.5) is 14.9 Å². The number of nitrogens with zero attached hydrogens (tertiary/aromatic N) is 3. The van der Waals surface area contributed by atoms with E-state index in [-0.39, 0.29) is 11.8 Å². The lowest BCUT2D eigenvalue weighted by Gasteiger charge is -2.36. The van der Waals surface area contributed by atoms with E-state index in [9.17, 15) is 9.18 Å². The van der Waals surface area contributed by atoms with Crippen LogP contribution in [0.2, 0.25) is 0 Å². The van der Waals surface area contributed by atoms with Crippen LogP contribution in [0.5, 0.6) is 0 Å². The quantitative estimate of drug-likeness (QED) is 0.773. The van der Waals surface area contributed by atoms with Crippen LogP contribution in [0.15, 0.2) is 48.5 Å². The smallest absolute Gasteiger partial charge is 0.317 e. The van der Waals surface area contributed by atoms with E-state index < -0.39 is 0 Å². The van der Waals surface area contributed by atoms with Gasteiger partial charge in [0.05, 0.1) is 5.69 Å². The van der Waals surface area contributed by atoms with Crippen LogP contribution in [0.1, 0.15) is 25.0 Å². The highest BCUT2D eigenvalue weighted by atomic mass is 19.1. The number of piperazine rings is 1. The zero-order valence-corrected chi connectivity index (χ0v) is 17.4. The van der Waals surface area contributed by atoms with Gasteiger partial charge >= 0.3 is 6.03 Å². The van der Waals surface area contributed by atoms with Crippen LogP contribution in [0, 0.1) is 5.82 Å². The Morgan fingerprint density at radius 3 is 2.24 bits per heavy atom. The van der Waals surface area contributed by atoms with Crippen LogP contribution >= 0.6 is 0 Å². The molecule has 29 heavy (non-hydrogen) atoms. The number of amides is 2. The maximum atomic E-state index is 14.0. The molecule has 3 rings (SSSR count). The van der Waals surface area contributed by atoms with Gasteiger partial charge in [-0.2, -0.15) is 0 Å². The van der Waals surface area contributed by atoms with Gasteiger partial charge in [0.1, 0.15) is 5.82 Å². The third kappa shape index (κ3) is 5.48. The first-order valence-corrected chi connectivity index (χ1v) is 10.4. The van der Waals surface area contributed by atoms with Crippen molar-refractivity contribution in [2.24, 2.45) is 0 Å². The summed E-state index contributed by atoms with van der Waals surface area (Å²) in [5.74, 6) is -0.213. The molecule has 0 spiro atoms. The number of para-hydroxylation sites is 1. The second-order valence-electron chi connectivity index (χ2n) is 7.31. The van der Waals surface area contributed by atoms with E-state index in [1.807, 2.05) is 28.0 Å². The third-order valence-electron chi connectivity index (χ3n) is 5.60. The molecule has 0 atom stereocenters. The molecule has 6 heteroatoms. The molecule has 2 amide bonds. The van der Waals surface area contributed by atoms with Crippen molar-refractivity contribution in [3.05, 3.63) is 65.5 Å². The summed E-state index contributed by atoms with van der Waals surface area (Å²) < 4.78 is 14.0. The van der Waals surface area contributed by atoms with E-state index in [1.165, 1.54) is 11.6 Å². The van der Waals surface area contributed by atoms with Gasteiger partial charge < -0.3 is 15.1 Å². The van der Waals surface area contributed by atoms with Crippen LogP contribution in [-0.2, 0) is 13.1 Å². The summed E-state index contributed by atoms with van der Waals surface area (Å²) in [5.41, 5.74) is 3.01. The number of halogens is 1. The Hall–Kier alpha value is -2.60. The number of benzene rings is 2. The fourth-order valence-electron chi connectivity index (χ4n) is 3.71. The Balaban J connectivity index is 1.53. The molecule has 1 heterocycles. The van der Waals surface area contributed by atoms with Crippen molar-refractivity contribution in [3.8, 4) is 0 Å². The molecule has 0 bridgehead atoms. The Kier molecular flexibility index (Phi) is 7.47. The van der Waals surface area contributed by atoms with Gasteiger partial charge in [-0.1, -0.05) is 50.2 Å². The monoisotopic (exact) mass is 398 g/mol. The molecule has 1 aliphatic rings. The molecule has 5 nitrogen and oxygen atoms in total. The predicted octanol–water partition coefficient (Wildman–Crippen LogP) is 3.70. The molecule has 0 saturated carbocycles. The minimum absolute atomic E-state index is 0.0594. The van der Waals surface area contributed by atoms with E-state index in [2.05, 4.69) is 36.2 Å². The van der Waals surface area contributed by atoms with Crippen molar-refractivity contribution in [2.45, 2.75) is 26.9 Å². The second kappa shape index (κ2) is 10.3. The summed E-state index contributed by atoms with van der Waals surface area (Å²) in [6.45, 7) is 10.2. The zero-order valence-electron chi connectivity index (χ0n) is 17.4. The Morgan fingerprint density at radius 1 is 0.966 bits per heavy atom. The highest BCUT2D eigenvalue weighted by molar-refractivity contribution is 5.74. The number of carbonyl (C=O) groups is 1. The SMILES string of the molecule is CCN(CC)Cc1ccccc1CNC(=O)N1CCN(c2ccccc2F)CC1. The van der Waals surface area contributed by atoms with Gasteiger partial charge in [0.2, 0.25) is 0 Å². The maximum Gasteiger partial charge on any atom is 0.317 e. The first kappa shape index (κ1) is 21.1. The molecular weight excluding hydrogens is 367 g/mol. The van der Waals surface area contributed by atoms with Gasteiger partial charge in [0.15, 0.2) is 0 Å². The number of hydrogen-bond donors (Lipinski definition) is 1. The number of anilines is 1. The van der Waals surface area contributed by atoms with E-state index in [0.717, 1.165) is 25.2 Å². The number of rotatable bonds is 7. The molecule has 0 aromatic heterocycles. The van der Waals surface area contributed by atoms with Crippen LogP contribution in [0.3, 0.4) is 0 Å². The third-order valence-corrected chi connectivity index (χ3v) is 5.60. The highest BCUT2D eigenvalue weighted by Crippen LogP contribution is 2.20. The molecule has 156 valence electrons. The summed E-state index contributed by atoms with van der Waals surface area (Å²) in [5, 5.41) is 3.06. The fraction of sp³-hybridized carbons (Fsp3) is 0.435. The van der Waals surface area contributed by atoms with Gasteiger partial charge in [0.25, 0.3) is 0 Å². The molecule has 1 aliphatic heterocycles. The standard InChI is InChI=1S/C23H31FN4O/c1-3-26(4-2)18-20-10-6-5-9-19(20)17-25-23(29)28-15-13-27(14-16-28)22-12-8-7-11-21(22)24/h5-12H,3-4,13-18H2,1-2H3,(H,25,29). The van der Waals surface area contributed by atoms with Crippen molar-refractivity contribution >= 4 is 11.7 Å². The van der Waals surface area contributed by atoms with Gasteiger partial charge in [-0.25, -0.2) is 9.18 Å². The lowest BCUT2D eigenvalue weighted by molar-refractivity contribution is 0.193. The van der Waals surface area contributed by atoms with Crippen LogP contribution in [0.25, 0.3) is 0 Å². The van der Waals surface area contributed by atoms with Crippen molar-refractivity contribution in [3.63, 3.8) is 0 Å². The van der Waals surface area contributed by atoms with Gasteiger partial charge in [-0.05, 0) is 36.3 Å². The molecule has 1 N–H and O–H groups in total. The number of urea groups is 1. The molecule has 1 fully saturated rings. The van der Waals surface area contributed by atoms with E-state index in [0.29, 0.717) is 38.4 Å². The van der Waals surface area contributed by atoms with Crippen LogP contribution < -0.4 is 10.2 Å². The molecule has 2 aromatic rings. The normalized spacial score (nSPS) is 14.3. The minimum Gasteiger partial charge on any atom is -0.366 e. The molecule has 0 aliphatic carbocycles. The molecule has 1 saturated heterocycles. The van der Waals surface area contributed by atoms with Crippen molar-refractivity contribution < 1.29 is 9.18 Å². The first-order valence-electron chi connectivity index (χ1n) is 10.4. The van der Waals surface area contributed by atoms with Gasteiger partial charge in [-0.15, -0.1) is 0 Å². The lowest BCUT2D eigenvalue weighted by atomic mass is 10.1. The highest BCUT2D eigenvalue weighted by Gasteiger charge is 2.22. The van der Waals surface area contributed by atoms with Crippen molar-refractivity contribution in [1.29, 1.82) is 0 Å². The second-order valence-corrected chi connectivity index (χ2v) is 7.31. The fourth-order valence-corrected chi connectivity index (χ4v) is 3.71. The molecule has 2 aromatic carbocycles. The van der Waals surface area contributed by atoms with Gasteiger partial charge in [0, 0.05) is 39.3 Å². The minimum atomic E-state index is -0.213. The average molecular weight is 399 g/mol. The van der Waals surface area contributed by atoms with Gasteiger partial charge in [-0.3, -0.25) is 4.90 Å². The number of nitrogens with one attached hydrogen (secondary N) is 1. The average Bonchev–Trinajstić information content (AvgIpc) is 2.77. The Bertz CT molecular complexity index is 801. The summed E-state index contributed by atoms with van der Waals surface area (Å²) >= 11 is 0. The predicted molar refractivity (Wildman–Crippen MR) is 115 cm³/mol. The molecule has 0 radical (unpaired) electrons. The van der Waals surface area contributed by atoms with Crippen molar-refractivity contribution in [2.75, 3.05) is 44.2 Å². The number of hydrogen-bond acceptors (Lipinski definition) is 3. The Morgan fingerprint density at radius 2 is 1.59 bits per heavy atom. The van der Waals surface area contributed by atoms with E-state index in [1.54, 1.807) is 12.1 Å². The molecule has 0 unspecified atom stereocenters. The lowest BCUT2D eigenvalue weighted by Crippen LogP contribution is -2.52. The summed E-state index contributed by atoms with van der Waals surface area (Å²) in [6.07, 6.45) is 0. The summed E-state index contributed by atoms with van der Waals surface area (Å²) in [7, 11) is 0. The Labute approximate surface area is 173 Å². The van der Waals surface area contributed by atoms with Crippen molar-refractivity contribution in [1.82, 2.24) is 15.1 Å². The summed E-state index contributed by atoms with van der Waals surface area (Å²) in [4.78, 5) is 18.8. The molecular formula is C23H31FN4O. The summed E-state index contributed by atoms with van der Waals surface area (Å²) in [6, 6.07) is 15.0. The topological polar surface area (TPSA) is 38.8 Å². The first-order chi connectivity index (χ1) is 14.1. The van der Waals surface area contributed by atoms with E-state index in [4.69, 9.17) is 0 Å². The van der Waals surface area contributed by atoms with E-state index >= 15 is 0 Å². The zero-order chi connectivity index (χ0) is 20.6. The van der Waals surface area contributed by atoms with Crippen LogP contribution in [-0.4, -0.2) is 55.1 Å². The largest absolute Gasteiger partial charge is 0.366 e. The maximum absolute atomic E-state index is 14.0.